The van der Waals surface area contributed by atoms with Crippen LogP contribution in [0, 0.1) is 5.92 Å². The van der Waals surface area contributed by atoms with Crippen LogP contribution in [0.2, 0.25) is 5.02 Å². The molecule has 1 saturated carbocycles. The second kappa shape index (κ2) is 7.11. The van der Waals surface area contributed by atoms with Crippen molar-refractivity contribution in [2.24, 2.45) is 5.92 Å². The lowest BCUT2D eigenvalue weighted by Crippen LogP contribution is -2.15. The molecule has 1 aliphatic rings. The molecule has 0 atom stereocenters. The van der Waals surface area contributed by atoms with Gasteiger partial charge in [-0.2, -0.15) is 0 Å². The fraction of sp³-hybridized carbons (Fsp3) is 0.667. The molecule has 1 heterocycles. The Hall–Kier alpha value is -0.800. The fourth-order valence-electron chi connectivity index (χ4n) is 1.88. The topological polar surface area (TPSA) is 34.1 Å². The molecule has 1 aliphatic carbocycles. The number of nitrogens with one attached hydrogen (secondary N) is 1. The highest BCUT2D eigenvalue weighted by atomic mass is 35.5. The van der Waals surface area contributed by atoms with E-state index in [2.05, 4.69) is 24.1 Å². The van der Waals surface area contributed by atoms with Crippen LogP contribution in [0.3, 0.4) is 0 Å². The summed E-state index contributed by atoms with van der Waals surface area (Å²) in [4.78, 5) is 4.22. The highest BCUT2D eigenvalue weighted by Crippen LogP contribution is 2.23. The summed E-state index contributed by atoms with van der Waals surface area (Å²) in [6.07, 6.45) is 6.49. The van der Waals surface area contributed by atoms with Crippen LogP contribution in [0.1, 0.15) is 45.1 Å². The average Bonchev–Trinajstić information content (AvgIpc) is 3.18. The second-order valence-electron chi connectivity index (χ2n) is 5.65. The quantitative estimate of drug-likeness (QED) is 0.737. The molecule has 0 aliphatic heterocycles. The van der Waals surface area contributed by atoms with Crippen molar-refractivity contribution in [1.82, 2.24) is 10.3 Å². The van der Waals surface area contributed by atoms with Crippen LogP contribution < -0.4 is 10.1 Å². The van der Waals surface area contributed by atoms with Gasteiger partial charge in [-0.25, -0.2) is 4.98 Å². The number of ether oxygens (including phenoxy) is 1. The van der Waals surface area contributed by atoms with E-state index in [1.807, 2.05) is 6.07 Å². The highest BCUT2D eigenvalue weighted by molar-refractivity contribution is 6.31. The van der Waals surface area contributed by atoms with E-state index in [0.717, 1.165) is 31.1 Å². The van der Waals surface area contributed by atoms with Gasteiger partial charge in [0.1, 0.15) is 0 Å². The minimum absolute atomic E-state index is 0.680. The minimum Gasteiger partial charge on any atom is -0.478 e. The first-order valence-corrected chi connectivity index (χ1v) is 7.53. The van der Waals surface area contributed by atoms with Crippen molar-refractivity contribution < 1.29 is 4.74 Å². The van der Waals surface area contributed by atoms with E-state index in [4.69, 9.17) is 16.3 Å². The van der Waals surface area contributed by atoms with Crippen LogP contribution >= 0.6 is 11.6 Å². The summed E-state index contributed by atoms with van der Waals surface area (Å²) >= 11 is 6.14. The van der Waals surface area contributed by atoms with E-state index in [9.17, 15) is 0 Å². The van der Waals surface area contributed by atoms with Gasteiger partial charge in [-0.15, -0.1) is 0 Å². The van der Waals surface area contributed by atoms with E-state index in [0.29, 0.717) is 16.9 Å². The van der Waals surface area contributed by atoms with Gasteiger partial charge in [0.25, 0.3) is 0 Å². The van der Waals surface area contributed by atoms with Crippen molar-refractivity contribution in [3.63, 3.8) is 0 Å². The molecule has 106 valence electrons. The van der Waals surface area contributed by atoms with Crippen LogP contribution in [-0.4, -0.2) is 17.6 Å². The van der Waals surface area contributed by atoms with Crippen molar-refractivity contribution in [1.29, 1.82) is 0 Å². The Labute approximate surface area is 120 Å². The zero-order chi connectivity index (χ0) is 13.7. The van der Waals surface area contributed by atoms with Crippen molar-refractivity contribution in [3.05, 3.63) is 22.8 Å². The molecule has 0 amide bonds. The van der Waals surface area contributed by atoms with Gasteiger partial charge >= 0.3 is 0 Å². The fourth-order valence-corrected chi connectivity index (χ4v) is 2.05. The number of hydrogen-bond acceptors (Lipinski definition) is 3. The number of hydrogen-bond donors (Lipinski definition) is 1. The summed E-state index contributed by atoms with van der Waals surface area (Å²) in [6.45, 7) is 5.97. The summed E-state index contributed by atoms with van der Waals surface area (Å²) in [7, 11) is 0. The number of nitrogens with zero attached hydrogens (tertiary/aromatic N) is 1. The molecular formula is C15H23ClN2O. The summed E-state index contributed by atoms with van der Waals surface area (Å²) in [5.74, 6) is 1.40. The SMILES string of the molecule is CC(C)CCCOc1cc(CNC2CC2)c(Cl)cn1. The summed E-state index contributed by atoms with van der Waals surface area (Å²) in [6, 6.07) is 2.63. The highest BCUT2D eigenvalue weighted by Gasteiger charge is 2.20. The Morgan fingerprint density at radius 2 is 2.26 bits per heavy atom. The maximum atomic E-state index is 6.14. The molecule has 1 aromatic heterocycles. The van der Waals surface area contributed by atoms with E-state index < -0.39 is 0 Å². The lowest BCUT2D eigenvalue weighted by atomic mass is 10.1. The smallest absolute Gasteiger partial charge is 0.213 e. The third-order valence-corrected chi connectivity index (χ3v) is 3.58. The molecule has 0 saturated heterocycles. The molecule has 0 bridgehead atoms. The first-order valence-electron chi connectivity index (χ1n) is 7.15. The summed E-state index contributed by atoms with van der Waals surface area (Å²) in [5, 5.41) is 4.17. The Kier molecular flexibility index (Phi) is 5.46. The van der Waals surface area contributed by atoms with Gasteiger partial charge in [0.05, 0.1) is 11.6 Å². The molecule has 0 unspecified atom stereocenters. The number of halogens is 1. The van der Waals surface area contributed by atoms with E-state index in [1.165, 1.54) is 19.3 Å². The Morgan fingerprint density at radius 3 is 2.95 bits per heavy atom. The van der Waals surface area contributed by atoms with Gasteiger partial charge in [0.2, 0.25) is 5.88 Å². The zero-order valence-corrected chi connectivity index (χ0v) is 12.5. The predicted octanol–water partition coefficient (Wildman–Crippen LogP) is 3.80. The molecule has 1 aromatic rings. The molecule has 0 radical (unpaired) electrons. The molecular weight excluding hydrogens is 260 g/mol. The van der Waals surface area contributed by atoms with Crippen molar-refractivity contribution in [2.45, 2.75) is 52.1 Å². The third kappa shape index (κ3) is 5.37. The standard InChI is InChI=1S/C15H23ClN2O/c1-11(2)4-3-7-19-15-8-12(14(16)10-18-15)9-17-13-5-6-13/h8,10-11,13,17H,3-7,9H2,1-2H3. The molecule has 1 N–H and O–H groups in total. The van der Waals surface area contributed by atoms with E-state index in [-0.39, 0.29) is 0 Å². The maximum absolute atomic E-state index is 6.14. The first kappa shape index (κ1) is 14.6. The van der Waals surface area contributed by atoms with Gasteiger partial charge < -0.3 is 10.1 Å². The second-order valence-corrected chi connectivity index (χ2v) is 6.06. The van der Waals surface area contributed by atoms with Crippen LogP contribution in [0.5, 0.6) is 5.88 Å². The molecule has 3 nitrogen and oxygen atoms in total. The Balaban J connectivity index is 1.80. The van der Waals surface area contributed by atoms with Crippen LogP contribution in [-0.2, 0) is 6.54 Å². The van der Waals surface area contributed by atoms with Crippen LogP contribution in [0.4, 0.5) is 0 Å². The van der Waals surface area contributed by atoms with Gasteiger partial charge in [0, 0.05) is 24.8 Å². The molecule has 0 spiro atoms. The van der Waals surface area contributed by atoms with Crippen molar-refractivity contribution in [3.8, 4) is 5.88 Å². The molecule has 2 rings (SSSR count). The molecule has 19 heavy (non-hydrogen) atoms. The Morgan fingerprint density at radius 1 is 1.47 bits per heavy atom. The predicted molar refractivity (Wildman–Crippen MR) is 78.7 cm³/mol. The first-order chi connectivity index (χ1) is 9.15. The lowest BCUT2D eigenvalue weighted by molar-refractivity contribution is 0.287. The van der Waals surface area contributed by atoms with Crippen molar-refractivity contribution in [2.75, 3.05) is 6.61 Å². The van der Waals surface area contributed by atoms with Crippen LogP contribution in [0.25, 0.3) is 0 Å². The summed E-state index contributed by atoms with van der Waals surface area (Å²) in [5.41, 5.74) is 1.07. The number of rotatable bonds is 8. The van der Waals surface area contributed by atoms with E-state index >= 15 is 0 Å². The monoisotopic (exact) mass is 282 g/mol. The molecule has 1 fully saturated rings. The summed E-state index contributed by atoms with van der Waals surface area (Å²) < 4.78 is 5.68. The van der Waals surface area contributed by atoms with Gasteiger partial charge in [-0.3, -0.25) is 0 Å². The van der Waals surface area contributed by atoms with Crippen LogP contribution in [0.15, 0.2) is 12.3 Å². The maximum Gasteiger partial charge on any atom is 0.213 e. The average molecular weight is 283 g/mol. The van der Waals surface area contributed by atoms with E-state index in [1.54, 1.807) is 6.20 Å². The minimum atomic E-state index is 0.680. The van der Waals surface area contributed by atoms with Gasteiger partial charge in [0.15, 0.2) is 0 Å². The molecule has 4 heteroatoms. The van der Waals surface area contributed by atoms with Gasteiger partial charge in [-0.05, 0) is 37.2 Å². The van der Waals surface area contributed by atoms with Crippen molar-refractivity contribution >= 4 is 11.6 Å². The lowest BCUT2D eigenvalue weighted by Gasteiger charge is -2.10. The molecule has 0 aromatic carbocycles. The number of aromatic nitrogens is 1. The normalized spacial score (nSPS) is 14.9. The Bertz CT molecular complexity index is 405. The largest absolute Gasteiger partial charge is 0.478 e. The van der Waals surface area contributed by atoms with Gasteiger partial charge in [-0.1, -0.05) is 25.4 Å². The number of pyridine rings is 1. The zero-order valence-electron chi connectivity index (χ0n) is 11.8. The third-order valence-electron chi connectivity index (χ3n) is 3.24.